The van der Waals surface area contributed by atoms with Gasteiger partial charge in [-0.05, 0) is 31.7 Å². The molecule has 1 aromatic rings. The first kappa shape index (κ1) is 17.0. The zero-order valence-electron chi connectivity index (χ0n) is 13.2. The van der Waals surface area contributed by atoms with Gasteiger partial charge in [-0.15, -0.1) is 0 Å². The van der Waals surface area contributed by atoms with Crippen LogP contribution in [0, 0.1) is 6.92 Å². The molecule has 0 aromatic heterocycles. The highest BCUT2D eigenvalue weighted by Crippen LogP contribution is 2.14. The number of nitrogens with zero attached hydrogens (tertiary/aromatic N) is 1. The minimum atomic E-state index is -3.16. The standard InChI is InChI=1S/C16H24N2O3S/c1-13-3-5-14(6-4-13)7-8-16(19)18-11-9-15(10-12-18)17-22(2,20)21/h3-6,15,17H,7-12H2,1-2H3. The molecule has 22 heavy (non-hydrogen) atoms. The predicted molar refractivity (Wildman–Crippen MR) is 87.1 cm³/mol. The van der Waals surface area contributed by atoms with Gasteiger partial charge in [0, 0.05) is 25.6 Å². The lowest BCUT2D eigenvalue weighted by molar-refractivity contribution is -0.132. The summed E-state index contributed by atoms with van der Waals surface area (Å²) in [4.78, 5) is 14.1. The summed E-state index contributed by atoms with van der Waals surface area (Å²) in [5.41, 5.74) is 2.39. The summed E-state index contributed by atoms with van der Waals surface area (Å²) in [5, 5.41) is 0. The second-order valence-corrected chi connectivity index (χ2v) is 7.81. The molecule has 1 aromatic carbocycles. The average molecular weight is 324 g/mol. The Morgan fingerprint density at radius 3 is 2.36 bits per heavy atom. The lowest BCUT2D eigenvalue weighted by Crippen LogP contribution is -2.46. The monoisotopic (exact) mass is 324 g/mol. The highest BCUT2D eigenvalue weighted by Gasteiger charge is 2.24. The number of carbonyl (C=O) groups is 1. The Balaban J connectivity index is 1.76. The van der Waals surface area contributed by atoms with Crippen molar-refractivity contribution >= 4 is 15.9 Å². The van der Waals surface area contributed by atoms with Crippen LogP contribution in [0.3, 0.4) is 0 Å². The minimum absolute atomic E-state index is 0.0452. The molecule has 1 aliphatic rings. The predicted octanol–water partition coefficient (Wildman–Crippen LogP) is 1.47. The van der Waals surface area contributed by atoms with E-state index in [9.17, 15) is 13.2 Å². The normalized spacial score (nSPS) is 16.7. The van der Waals surface area contributed by atoms with Gasteiger partial charge in [-0.1, -0.05) is 29.8 Å². The highest BCUT2D eigenvalue weighted by atomic mass is 32.2. The summed E-state index contributed by atoms with van der Waals surface area (Å²) in [7, 11) is -3.16. The van der Waals surface area contributed by atoms with Crippen molar-refractivity contribution in [1.82, 2.24) is 9.62 Å². The molecule has 5 nitrogen and oxygen atoms in total. The van der Waals surface area contributed by atoms with Crippen LogP contribution >= 0.6 is 0 Å². The number of benzene rings is 1. The Hall–Kier alpha value is -1.40. The minimum Gasteiger partial charge on any atom is -0.343 e. The second kappa shape index (κ2) is 7.24. The van der Waals surface area contributed by atoms with E-state index in [1.807, 2.05) is 11.8 Å². The van der Waals surface area contributed by atoms with Crippen molar-refractivity contribution in [2.75, 3.05) is 19.3 Å². The van der Waals surface area contributed by atoms with Crippen molar-refractivity contribution in [2.45, 2.75) is 38.6 Å². The van der Waals surface area contributed by atoms with Crippen LogP contribution in [0.25, 0.3) is 0 Å². The van der Waals surface area contributed by atoms with Crippen LogP contribution < -0.4 is 4.72 Å². The Morgan fingerprint density at radius 1 is 1.23 bits per heavy atom. The van der Waals surface area contributed by atoms with Crippen molar-refractivity contribution in [3.63, 3.8) is 0 Å². The number of hydrogen-bond donors (Lipinski definition) is 1. The topological polar surface area (TPSA) is 66.5 Å². The molecule has 0 saturated carbocycles. The zero-order valence-corrected chi connectivity index (χ0v) is 14.0. The molecule has 2 rings (SSSR count). The third-order valence-electron chi connectivity index (χ3n) is 3.98. The molecule has 0 bridgehead atoms. The van der Waals surface area contributed by atoms with Gasteiger partial charge < -0.3 is 4.90 Å². The third kappa shape index (κ3) is 5.42. The molecule has 0 atom stereocenters. The summed E-state index contributed by atoms with van der Waals surface area (Å²) in [6, 6.07) is 8.19. The van der Waals surface area contributed by atoms with Crippen molar-refractivity contribution in [1.29, 1.82) is 0 Å². The molecule has 0 radical (unpaired) electrons. The Morgan fingerprint density at radius 2 is 1.82 bits per heavy atom. The second-order valence-electron chi connectivity index (χ2n) is 6.03. The molecule has 0 spiro atoms. The van der Waals surface area contributed by atoms with E-state index in [1.54, 1.807) is 0 Å². The quantitative estimate of drug-likeness (QED) is 0.892. The average Bonchev–Trinajstić information content (AvgIpc) is 2.45. The van der Waals surface area contributed by atoms with E-state index in [0.717, 1.165) is 6.42 Å². The van der Waals surface area contributed by atoms with Gasteiger partial charge in [0.15, 0.2) is 0 Å². The van der Waals surface area contributed by atoms with Crippen LogP contribution in [0.4, 0.5) is 0 Å². The van der Waals surface area contributed by atoms with Crippen LogP contribution in [0.15, 0.2) is 24.3 Å². The molecule has 0 unspecified atom stereocenters. The highest BCUT2D eigenvalue weighted by molar-refractivity contribution is 7.88. The maximum Gasteiger partial charge on any atom is 0.222 e. The number of sulfonamides is 1. The number of likely N-dealkylation sites (tertiary alicyclic amines) is 1. The van der Waals surface area contributed by atoms with Gasteiger partial charge in [0.2, 0.25) is 15.9 Å². The van der Waals surface area contributed by atoms with Crippen LogP contribution in [-0.2, 0) is 21.2 Å². The first-order valence-corrected chi connectivity index (χ1v) is 9.53. The van der Waals surface area contributed by atoms with E-state index in [0.29, 0.717) is 32.4 Å². The summed E-state index contributed by atoms with van der Waals surface area (Å²) in [6.07, 6.45) is 3.80. The van der Waals surface area contributed by atoms with E-state index in [4.69, 9.17) is 0 Å². The van der Waals surface area contributed by atoms with Gasteiger partial charge in [-0.2, -0.15) is 0 Å². The lowest BCUT2D eigenvalue weighted by atomic mass is 10.0. The maximum absolute atomic E-state index is 12.2. The Labute approximate surface area is 132 Å². The molecule has 1 aliphatic heterocycles. The van der Waals surface area contributed by atoms with Gasteiger partial charge in [0.1, 0.15) is 0 Å². The van der Waals surface area contributed by atoms with Crippen molar-refractivity contribution < 1.29 is 13.2 Å². The number of nitrogens with one attached hydrogen (secondary N) is 1. The Kier molecular flexibility index (Phi) is 5.58. The number of piperidine rings is 1. The number of amides is 1. The summed E-state index contributed by atoms with van der Waals surface area (Å²) in [5.74, 6) is 0.151. The maximum atomic E-state index is 12.2. The third-order valence-corrected chi connectivity index (χ3v) is 4.74. The van der Waals surface area contributed by atoms with E-state index in [-0.39, 0.29) is 11.9 Å². The van der Waals surface area contributed by atoms with Crippen LogP contribution in [-0.4, -0.2) is 44.6 Å². The van der Waals surface area contributed by atoms with Crippen LogP contribution in [0.2, 0.25) is 0 Å². The van der Waals surface area contributed by atoms with Crippen molar-refractivity contribution in [2.24, 2.45) is 0 Å². The van der Waals surface area contributed by atoms with Gasteiger partial charge in [0.25, 0.3) is 0 Å². The van der Waals surface area contributed by atoms with E-state index in [1.165, 1.54) is 17.4 Å². The van der Waals surface area contributed by atoms with Crippen molar-refractivity contribution in [3.8, 4) is 0 Å². The van der Waals surface area contributed by atoms with E-state index < -0.39 is 10.0 Å². The molecular formula is C16H24N2O3S. The fourth-order valence-electron chi connectivity index (χ4n) is 2.71. The Bertz CT molecular complexity index is 603. The summed E-state index contributed by atoms with van der Waals surface area (Å²) < 4.78 is 25.0. The smallest absolute Gasteiger partial charge is 0.222 e. The fourth-order valence-corrected chi connectivity index (χ4v) is 3.55. The molecule has 122 valence electrons. The van der Waals surface area contributed by atoms with Gasteiger partial charge in [-0.3, -0.25) is 4.79 Å². The number of aryl methyl sites for hydroxylation is 2. The molecule has 1 fully saturated rings. The molecular weight excluding hydrogens is 300 g/mol. The molecule has 0 aliphatic carbocycles. The largest absolute Gasteiger partial charge is 0.343 e. The first-order chi connectivity index (χ1) is 10.3. The number of hydrogen-bond acceptors (Lipinski definition) is 3. The molecule has 1 amide bonds. The molecule has 6 heteroatoms. The van der Waals surface area contributed by atoms with E-state index in [2.05, 4.69) is 29.0 Å². The number of rotatable bonds is 5. The molecule has 1 saturated heterocycles. The van der Waals surface area contributed by atoms with Gasteiger partial charge in [0.05, 0.1) is 6.26 Å². The van der Waals surface area contributed by atoms with E-state index >= 15 is 0 Å². The first-order valence-electron chi connectivity index (χ1n) is 7.64. The van der Waals surface area contributed by atoms with Gasteiger partial charge in [-0.25, -0.2) is 13.1 Å². The SMILES string of the molecule is Cc1ccc(CCC(=O)N2CCC(NS(C)(=O)=O)CC2)cc1. The van der Waals surface area contributed by atoms with Crippen LogP contribution in [0.5, 0.6) is 0 Å². The van der Waals surface area contributed by atoms with Crippen molar-refractivity contribution in [3.05, 3.63) is 35.4 Å². The lowest BCUT2D eigenvalue weighted by Gasteiger charge is -2.32. The summed E-state index contributed by atoms with van der Waals surface area (Å²) >= 11 is 0. The molecule has 1 N–H and O–H groups in total. The molecule has 1 heterocycles. The zero-order chi connectivity index (χ0) is 16.2. The summed E-state index contributed by atoms with van der Waals surface area (Å²) in [6.45, 7) is 3.30. The number of carbonyl (C=O) groups excluding carboxylic acids is 1. The van der Waals surface area contributed by atoms with Gasteiger partial charge >= 0.3 is 0 Å². The van der Waals surface area contributed by atoms with Crippen LogP contribution in [0.1, 0.15) is 30.4 Å². The fraction of sp³-hybridized carbons (Fsp3) is 0.562.